The van der Waals surface area contributed by atoms with Crippen molar-refractivity contribution in [1.82, 2.24) is 0 Å². The van der Waals surface area contributed by atoms with E-state index in [0.717, 1.165) is 12.0 Å². The Morgan fingerprint density at radius 1 is 1.40 bits per heavy atom. The second-order valence-corrected chi connectivity index (χ2v) is 3.40. The molecule has 1 rings (SSSR count). The number of benzene rings is 1. The van der Waals surface area contributed by atoms with Gasteiger partial charge in [-0.2, -0.15) is 0 Å². The summed E-state index contributed by atoms with van der Waals surface area (Å²) < 4.78 is 5.07. The molecule has 0 aliphatic heterocycles. The summed E-state index contributed by atoms with van der Waals surface area (Å²) >= 11 is 0. The van der Waals surface area contributed by atoms with Crippen LogP contribution in [-0.2, 0) is 4.74 Å². The van der Waals surface area contributed by atoms with Gasteiger partial charge in [0.15, 0.2) is 0 Å². The summed E-state index contributed by atoms with van der Waals surface area (Å²) in [5, 5.41) is 0. The van der Waals surface area contributed by atoms with E-state index in [1.807, 2.05) is 30.3 Å². The largest absolute Gasteiger partial charge is 0.383 e. The van der Waals surface area contributed by atoms with Crippen molar-refractivity contribution < 1.29 is 4.74 Å². The number of hydrogen-bond acceptors (Lipinski definition) is 2. The van der Waals surface area contributed by atoms with Crippen LogP contribution in [0.3, 0.4) is 0 Å². The number of rotatable bonds is 5. The van der Waals surface area contributed by atoms with Crippen LogP contribution in [0, 0.1) is 0 Å². The standard InChI is InChI=1S/C12H18N2O/c1-3-11(9-15-2)14-12(13)10-7-5-4-6-8-10/h4-8,11H,3,9H2,1-2H3,(H2,13,14). The zero-order chi connectivity index (χ0) is 11.1. The molecular formula is C12H18N2O. The van der Waals surface area contributed by atoms with Crippen LogP contribution >= 0.6 is 0 Å². The molecule has 0 aliphatic carbocycles. The minimum absolute atomic E-state index is 0.148. The molecule has 0 heterocycles. The first-order valence-corrected chi connectivity index (χ1v) is 5.15. The molecule has 3 heteroatoms. The summed E-state index contributed by atoms with van der Waals surface area (Å²) in [6, 6.07) is 9.93. The van der Waals surface area contributed by atoms with Crippen LogP contribution in [0.2, 0.25) is 0 Å². The zero-order valence-electron chi connectivity index (χ0n) is 9.31. The van der Waals surface area contributed by atoms with Gasteiger partial charge in [-0.3, -0.25) is 4.99 Å². The Morgan fingerprint density at radius 2 is 2.07 bits per heavy atom. The zero-order valence-corrected chi connectivity index (χ0v) is 9.31. The smallest absolute Gasteiger partial charge is 0.125 e. The third-order valence-corrected chi connectivity index (χ3v) is 2.22. The molecule has 3 nitrogen and oxygen atoms in total. The normalized spacial score (nSPS) is 13.9. The predicted octanol–water partition coefficient (Wildman–Crippen LogP) is 1.82. The van der Waals surface area contributed by atoms with Crippen LogP contribution in [0.4, 0.5) is 0 Å². The van der Waals surface area contributed by atoms with Crippen LogP contribution in [0.1, 0.15) is 18.9 Å². The monoisotopic (exact) mass is 206 g/mol. The van der Waals surface area contributed by atoms with E-state index in [1.54, 1.807) is 7.11 Å². The lowest BCUT2D eigenvalue weighted by molar-refractivity contribution is 0.179. The van der Waals surface area contributed by atoms with Crippen LogP contribution < -0.4 is 5.73 Å². The Hall–Kier alpha value is -1.35. The Balaban J connectivity index is 2.74. The lowest BCUT2D eigenvalue weighted by atomic mass is 10.2. The number of nitrogens with zero attached hydrogens (tertiary/aromatic N) is 1. The van der Waals surface area contributed by atoms with E-state index in [-0.39, 0.29) is 6.04 Å². The summed E-state index contributed by atoms with van der Waals surface area (Å²) in [7, 11) is 1.68. The van der Waals surface area contributed by atoms with Crippen LogP contribution in [0.25, 0.3) is 0 Å². The summed E-state index contributed by atoms with van der Waals surface area (Å²) in [5.41, 5.74) is 6.86. The average molecular weight is 206 g/mol. The van der Waals surface area contributed by atoms with Gasteiger partial charge in [0.1, 0.15) is 5.84 Å². The van der Waals surface area contributed by atoms with Gasteiger partial charge in [-0.25, -0.2) is 0 Å². The van der Waals surface area contributed by atoms with Crippen molar-refractivity contribution in [3.05, 3.63) is 35.9 Å². The summed E-state index contributed by atoms with van der Waals surface area (Å²) in [5.74, 6) is 0.583. The Bertz CT molecular complexity index is 309. The van der Waals surface area contributed by atoms with Crippen LogP contribution in [0.5, 0.6) is 0 Å². The summed E-state index contributed by atoms with van der Waals surface area (Å²) in [6.45, 7) is 2.69. The number of amidine groups is 1. The first-order chi connectivity index (χ1) is 7.27. The van der Waals surface area contributed by atoms with Gasteiger partial charge < -0.3 is 10.5 Å². The van der Waals surface area contributed by atoms with E-state index in [4.69, 9.17) is 10.5 Å². The van der Waals surface area contributed by atoms with E-state index in [2.05, 4.69) is 11.9 Å². The quantitative estimate of drug-likeness (QED) is 0.590. The van der Waals surface area contributed by atoms with Gasteiger partial charge in [0.2, 0.25) is 0 Å². The molecule has 0 amide bonds. The molecule has 15 heavy (non-hydrogen) atoms. The topological polar surface area (TPSA) is 47.6 Å². The van der Waals surface area contributed by atoms with Crippen molar-refractivity contribution in [2.45, 2.75) is 19.4 Å². The molecule has 2 N–H and O–H groups in total. The fraction of sp³-hybridized carbons (Fsp3) is 0.417. The van der Waals surface area contributed by atoms with Crippen LogP contribution in [0.15, 0.2) is 35.3 Å². The summed E-state index contributed by atoms with van der Waals surface area (Å²) in [6.07, 6.45) is 0.932. The molecule has 1 unspecified atom stereocenters. The molecule has 0 aliphatic rings. The summed E-state index contributed by atoms with van der Waals surface area (Å²) in [4.78, 5) is 4.42. The van der Waals surface area contributed by atoms with Gasteiger partial charge in [-0.05, 0) is 6.42 Å². The molecular weight excluding hydrogens is 188 g/mol. The van der Waals surface area contributed by atoms with Crippen molar-refractivity contribution in [2.24, 2.45) is 10.7 Å². The Morgan fingerprint density at radius 3 is 2.60 bits per heavy atom. The second-order valence-electron chi connectivity index (χ2n) is 3.40. The third-order valence-electron chi connectivity index (χ3n) is 2.22. The molecule has 0 fully saturated rings. The van der Waals surface area contributed by atoms with E-state index in [1.165, 1.54) is 0 Å². The van der Waals surface area contributed by atoms with Gasteiger partial charge in [0, 0.05) is 12.7 Å². The third kappa shape index (κ3) is 3.72. The Labute approximate surface area is 91.0 Å². The molecule has 0 spiro atoms. The molecule has 1 atom stereocenters. The maximum absolute atomic E-state index is 5.90. The number of nitrogens with two attached hydrogens (primary N) is 1. The van der Waals surface area contributed by atoms with Crippen molar-refractivity contribution >= 4 is 5.84 Å². The van der Waals surface area contributed by atoms with Crippen molar-refractivity contribution in [1.29, 1.82) is 0 Å². The second kappa shape index (κ2) is 6.19. The van der Waals surface area contributed by atoms with Crippen molar-refractivity contribution in [3.8, 4) is 0 Å². The Kier molecular flexibility index (Phi) is 4.84. The molecule has 0 saturated carbocycles. The van der Waals surface area contributed by atoms with E-state index in [0.29, 0.717) is 12.4 Å². The molecule has 0 radical (unpaired) electrons. The number of aliphatic imine (C=N–C) groups is 1. The van der Waals surface area contributed by atoms with E-state index >= 15 is 0 Å². The number of ether oxygens (including phenoxy) is 1. The minimum Gasteiger partial charge on any atom is -0.383 e. The fourth-order valence-electron chi connectivity index (χ4n) is 1.32. The first-order valence-electron chi connectivity index (χ1n) is 5.15. The van der Waals surface area contributed by atoms with E-state index < -0.39 is 0 Å². The lowest BCUT2D eigenvalue weighted by Gasteiger charge is -2.10. The number of hydrogen-bond donors (Lipinski definition) is 1. The van der Waals surface area contributed by atoms with Gasteiger partial charge in [-0.15, -0.1) is 0 Å². The number of methoxy groups -OCH3 is 1. The highest BCUT2D eigenvalue weighted by atomic mass is 16.5. The van der Waals surface area contributed by atoms with Crippen LogP contribution in [-0.4, -0.2) is 25.6 Å². The predicted molar refractivity (Wildman–Crippen MR) is 63.1 cm³/mol. The SMILES string of the molecule is CCC(COC)N=C(N)c1ccccc1. The van der Waals surface area contributed by atoms with Crippen molar-refractivity contribution in [2.75, 3.05) is 13.7 Å². The molecule has 0 saturated heterocycles. The highest BCUT2D eigenvalue weighted by Gasteiger charge is 2.05. The fourth-order valence-corrected chi connectivity index (χ4v) is 1.32. The molecule has 0 aromatic heterocycles. The highest BCUT2D eigenvalue weighted by Crippen LogP contribution is 2.03. The highest BCUT2D eigenvalue weighted by molar-refractivity contribution is 5.97. The maximum atomic E-state index is 5.90. The lowest BCUT2D eigenvalue weighted by Crippen LogP contribution is -2.20. The maximum Gasteiger partial charge on any atom is 0.125 e. The van der Waals surface area contributed by atoms with Gasteiger partial charge in [-0.1, -0.05) is 37.3 Å². The van der Waals surface area contributed by atoms with Gasteiger partial charge >= 0.3 is 0 Å². The van der Waals surface area contributed by atoms with E-state index in [9.17, 15) is 0 Å². The molecule has 1 aromatic carbocycles. The van der Waals surface area contributed by atoms with Gasteiger partial charge in [0.25, 0.3) is 0 Å². The van der Waals surface area contributed by atoms with Gasteiger partial charge in [0.05, 0.1) is 12.6 Å². The minimum atomic E-state index is 0.148. The average Bonchev–Trinajstić information content (AvgIpc) is 2.29. The molecule has 0 bridgehead atoms. The molecule has 1 aromatic rings. The van der Waals surface area contributed by atoms with Crippen molar-refractivity contribution in [3.63, 3.8) is 0 Å². The first kappa shape index (κ1) is 11.7. The molecule has 82 valence electrons.